The molecule has 1 aromatic carbocycles. The Balaban J connectivity index is 1.38. The van der Waals surface area contributed by atoms with Crippen molar-refractivity contribution >= 4 is 53.8 Å². The summed E-state index contributed by atoms with van der Waals surface area (Å²) < 4.78 is 16.9. The Morgan fingerprint density at radius 1 is 1.11 bits per heavy atom. The highest BCUT2D eigenvalue weighted by Gasteiger charge is 2.43. The lowest BCUT2D eigenvalue weighted by molar-refractivity contribution is 0.0492. The van der Waals surface area contributed by atoms with Crippen molar-refractivity contribution in [2.24, 2.45) is 14.1 Å². The van der Waals surface area contributed by atoms with Crippen LogP contribution in [0.4, 0.5) is 10.7 Å². The first-order valence-electron chi connectivity index (χ1n) is 16.0. The van der Waals surface area contributed by atoms with Crippen LogP contribution in [0.15, 0.2) is 23.1 Å². The summed E-state index contributed by atoms with van der Waals surface area (Å²) in [7, 11) is 2.30. The van der Waals surface area contributed by atoms with Crippen LogP contribution in [-0.2, 0) is 30.3 Å². The van der Waals surface area contributed by atoms with E-state index < -0.39 is 19.8 Å². The number of benzene rings is 1. The van der Waals surface area contributed by atoms with E-state index in [2.05, 4.69) is 40.2 Å². The molecule has 0 saturated carbocycles. The molecule has 2 fully saturated rings. The second-order valence-corrected chi connectivity index (χ2v) is 20.9. The van der Waals surface area contributed by atoms with Crippen molar-refractivity contribution < 1.29 is 14.3 Å². The zero-order chi connectivity index (χ0) is 33.1. The number of rotatable bonds is 8. The predicted octanol–water partition coefficient (Wildman–Crippen LogP) is 5.67. The van der Waals surface area contributed by atoms with E-state index in [0.717, 1.165) is 31.7 Å². The van der Waals surface area contributed by atoms with Gasteiger partial charge in [0, 0.05) is 64.2 Å². The molecule has 14 heteroatoms. The average molecular weight is 669 g/mol. The summed E-state index contributed by atoms with van der Waals surface area (Å²) in [4.78, 5) is 34.4. The van der Waals surface area contributed by atoms with E-state index in [-0.39, 0.29) is 30.4 Å². The van der Waals surface area contributed by atoms with Crippen LogP contribution in [0.2, 0.25) is 30.7 Å². The maximum atomic E-state index is 14.3. The Bertz CT molecular complexity index is 1840. The lowest BCUT2D eigenvalue weighted by atomic mass is 9.98. The number of aryl methyl sites for hydroxylation is 1. The van der Waals surface area contributed by atoms with Gasteiger partial charge in [0.25, 0.3) is 5.56 Å². The van der Waals surface area contributed by atoms with Gasteiger partial charge in [-0.25, -0.2) is 9.48 Å². The molecule has 4 aromatic rings. The molecule has 2 aliphatic rings. The van der Waals surface area contributed by atoms with Gasteiger partial charge < -0.3 is 24.3 Å². The minimum atomic E-state index is -1.29. The number of hydrogen-bond acceptors (Lipinski definition) is 8. The fourth-order valence-electron chi connectivity index (χ4n) is 6.79. The number of ether oxygens (including phenoxy) is 2. The first-order chi connectivity index (χ1) is 21.6. The van der Waals surface area contributed by atoms with Crippen LogP contribution in [0.1, 0.15) is 46.5 Å². The van der Waals surface area contributed by atoms with Crippen molar-refractivity contribution in [3.63, 3.8) is 0 Å². The molecule has 0 radical (unpaired) electrons. The highest BCUT2D eigenvalue weighted by molar-refractivity contribution is 6.76. The molecule has 248 valence electrons. The summed E-state index contributed by atoms with van der Waals surface area (Å²) in [5.41, 5.74) is 2.65. The van der Waals surface area contributed by atoms with Crippen molar-refractivity contribution in [1.82, 2.24) is 34.4 Å². The third kappa shape index (κ3) is 6.28. The van der Waals surface area contributed by atoms with E-state index in [1.54, 1.807) is 23.3 Å². The fourth-order valence-corrected chi connectivity index (χ4v) is 7.93. The molecule has 2 unspecified atom stereocenters. The minimum Gasteiger partial charge on any atom is -0.444 e. The van der Waals surface area contributed by atoms with Gasteiger partial charge in [0.1, 0.15) is 23.4 Å². The number of carbonyl (C=O) groups excluding carboxylic acids is 1. The molecular weight excluding hydrogens is 624 g/mol. The largest absolute Gasteiger partial charge is 0.444 e. The van der Waals surface area contributed by atoms with Gasteiger partial charge in [0.2, 0.25) is 5.95 Å². The summed E-state index contributed by atoms with van der Waals surface area (Å²) >= 11 is 6.97. The normalized spacial score (nSPS) is 20.2. The number of aromatic nitrogens is 6. The molecule has 3 aromatic heterocycles. The number of alkyl carbamates (subject to hydrolysis) is 1. The molecule has 1 amide bonds. The smallest absolute Gasteiger partial charge is 0.407 e. The number of hydrogen-bond donors (Lipinski definition) is 1. The van der Waals surface area contributed by atoms with Crippen LogP contribution in [0.3, 0.4) is 0 Å². The number of anilines is 1. The lowest BCUT2D eigenvalue weighted by Gasteiger charge is -2.40. The number of amides is 1. The number of carbonyl (C=O) groups is 1. The Hall–Kier alpha value is -3.42. The van der Waals surface area contributed by atoms with Crippen molar-refractivity contribution in [3.8, 4) is 11.1 Å². The Morgan fingerprint density at radius 2 is 1.80 bits per heavy atom. The zero-order valence-electron chi connectivity index (χ0n) is 28.1. The van der Waals surface area contributed by atoms with E-state index in [9.17, 15) is 9.59 Å². The van der Waals surface area contributed by atoms with E-state index >= 15 is 0 Å². The van der Waals surface area contributed by atoms with Gasteiger partial charge in [0.05, 0.1) is 10.4 Å². The summed E-state index contributed by atoms with van der Waals surface area (Å²) in [6.45, 7) is 13.5. The van der Waals surface area contributed by atoms with E-state index in [1.807, 2.05) is 43.7 Å². The second kappa shape index (κ2) is 12.0. The maximum absolute atomic E-state index is 14.3. The van der Waals surface area contributed by atoms with Crippen molar-refractivity contribution in [1.29, 1.82) is 0 Å². The monoisotopic (exact) mass is 668 g/mol. The number of piperidine rings is 1. The van der Waals surface area contributed by atoms with Crippen molar-refractivity contribution in [3.05, 3.63) is 33.7 Å². The van der Waals surface area contributed by atoms with Crippen LogP contribution in [-0.4, -0.2) is 73.6 Å². The molecule has 2 aliphatic heterocycles. The van der Waals surface area contributed by atoms with Gasteiger partial charge >= 0.3 is 6.09 Å². The summed E-state index contributed by atoms with van der Waals surface area (Å²) in [5.74, 6) is 0.631. The molecular formula is C32H45ClN8O4Si. The van der Waals surface area contributed by atoms with Gasteiger partial charge in [-0.2, -0.15) is 4.98 Å². The highest BCUT2D eigenvalue weighted by Crippen LogP contribution is 2.41. The molecule has 46 heavy (non-hydrogen) atoms. The third-order valence-electron chi connectivity index (χ3n) is 8.98. The lowest BCUT2D eigenvalue weighted by Crippen LogP contribution is -2.52. The summed E-state index contributed by atoms with van der Waals surface area (Å²) in [5, 5.41) is 12.4. The minimum absolute atomic E-state index is 0.00172. The Labute approximate surface area is 275 Å². The van der Waals surface area contributed by atoms with E-state index in [4.69, 9.17) is 26.1 Å². The van der Waals surface area contributed by atoms with Crippen LogP contribution in [0.25, 0.3) is 33.2 Å². The first-order valence-corrected chi connectivity index (χ1v) is 20.1. The SMILES string of the molecule is Cn1c(N2C3CCC2CC(NC(=O)OC(C)(C)C)C3)nc2c(c(-c3ccc4nnn(C)c4c3Cl)cn2COCC[Si](C)(C)C)c1=O. The Kier molecular flexibility index (Phi) is 8.47. The number of nitrogens with one attached hydrogen (secondary N) is 1. The second-order valence-electron chi connectivity index (χ2n) is 14.9. The molecule has 2 saturated heterocycles. The molecule has 0 aliphatic carbocycles. The fraction of sp³-hybridized carbons (Fsp3) is 0.594. The van der Waals surface area contributed by atoms with Gasteiger partial charge in [-0.3, -0.25) is 9.36 Å². The maximum Gasteiger partial charge on any atom is 0.407 e. The topological polar surface area (TPSA) is 121 Å². The van der Waals surface area contributed by atoms with Crippen LogP contribution in [0, 0.1) is 0 Å². The molecule has 2 bridgehead atoms. The van der Waals surface area contributed by atoms with Gasteiger partial charge in [-0.15, -0.1) is 5.10 Å². The molecule has 6 rings (SSSR count). The Morgan fingerprint density at radius 3 is 2.46 bits per heavy atom. The highest BCUT2D eigenvalue weighted by atomic mass is 35.5. The predicted molar refractivity (Wildman–Crippen MR) is 183 cm³/mol. The van der Waals surface area contributed by atoms with E-state index in [0.29, 0.717) is 50.8 Å². The van der Waals surface area contributed by atoms with Crippen LogP contribution >= 0.6 is 11.6 Å². The molecule has 12 nitrogen and oxygen atoms in total. The molecule has 0 spiro atoms. The standard InChI is InChI=1S/C32H45ClN8O4Si/c1-32(2,3)45-31(43)34-19-15-20-9-10-21(16-19)41(20)30-35-28-25(29(42)38(30)4)23(17-40(28)18-44-13-14-46(6,7)8)22-11-12-24-27(26(22)33)39(5)37-36-24/h11-12,17,19-21H,9-10,13-16,18H2,1-8H3,(H,34,43). The number of fused-ring (bicyclic) bond motifs is 4. The van der Waals surface area contributed by atoms with Crippen LogP contribution in [0.5, 0.6) is 0 Å². The molecule has 2 atom stereocenters. The third-order valence-corrected chi connectivity index (χ3v) is 11.1. The summed E-state index contributed by atoms with van der Waals surface area (Å²) in [6.07, 6.45) is 4.97. The molecule has 1 N–H and O–H groups in total. The summed E-state index contributed by atoms with van der Waals surface area (Å²) in [6, 6.07) is 5.07. The van der Waals surface area contributed by atoms with Crippen molar-refractivity contribution in [2.75, 3.05) is 11.5 Å². The van der Waals surface area contributed by atoms with Gasteiger partial charge in [0.15, 0.2) is 5.65 Å². The zero-order valence-corrected chi connectivity index (χ0v) is 29.8. The van der Waals surface area contributed by atoms with Gasteiger partial charge in [-0.05, 0) is 58.6 Å². The number of halogens is 1. The van der Waals surface area contributed by atoms with Crippen molar-refractivity contribution in [2.45, 2.75) is 103 Å². The molecule has 5 heterocycles. The quantitative estimate of drug-likeness (QED) is 0.188. The average Bonchev–Trinajstić information content (AvgIpc) is 3.58. The first kappa shape index (κ1) is 32.5. The van der Waals surface area contributed by atoms with E-state index in [1.165, 1.54) is 0 Å². The van der Waals surface area contributed by atoms with Crippen LogP contribution < -0.4 is 15.8 Å². The van der Waals surface area contributed by atoms with Gasteiger partial charge in [-0.1, -0.05) is 42.5 Å². The number of nitrogens with zero attached hydrogens (tertiary/aromatic N) is 7.